The molecule has 1 aliphatic rings. The Morgan fingerprint density at radius 2 is 2.14 bits per heavy atom. The second-order valence-corrected chi connectivity index (χ2v) is 6.27. The molecule has 1 N–H and O–H groups in total. The second-order valence-electron chi connectivity index (χ2n) is 6.27. The summed E-state index contributed by atoms with van der Waals surface area (Å²) in [5.41, 5.74) is 3.83. The van der Waals surface area contributed by atoms with Crippen LogP contribution in [-0.2, 0) is 24.0 Å². The lowest BCUT2D eigenvalue weighted by atomic mass is 9.85. The molecule has 0 aromatic carbocycles. The molecule has 21 heavy (non-hydrogen) atoms. The number of aryl methyl sites for hydroxylation is 2. The fourth-order valence-electron chi connectivity index (χ4n) is 2.92. The van der Waals surface area contributed by atoms with Crippen molar-refractivity contribution < 1.29 is 4.74 Å². The molecule has 1 aliphatic carbocycles. The number of hydrogen-bond donors (Lipinski definition) is 1. The van der Waals surface area contributed by atoms with Crippen LogP contribution in [-0.4, -0.2) is 35.8 Å². The van der Waals surface area contributed by atoms with Crippen molar-refractivity contribution in [3.8, 4) is 0 Å². The minimum absolute atomic E-state index is 0.560. The summed E-state index contributed by atoms with van der Waals surface area (Å²) >= 11 is 0. The van der Waals surface area contributed by atoms with Crippen LogP contribution in [0, 0.1) is 12.8 Å². The van der Waals surface area contributed by atoms with Crippen LogP contribution in [0.15, 0.2) is 0 Å². The number of aromatic nitrogens is 2. The van der Waals surface area contributed by atoms with E-state index < -0.39 is 0 Å². The molecule has 1 heterocycles. The Labute approximate surface area is 128 Å². The van der Waals surface area contributed by atoms with Crippen molar-refractivity contribution in [3.63, 3.8) is 0 Å². The molecule has 0 aliphatic heterocycles. The predicted octanol–water partition coefficient (Wildman–Crippen LogP) is 2.47. The van der Waals surface area contributed by atoms with Gasteiger partial charge in [0.05, 0.1) is 6.61 Å². The molecule has 1 atom stereocenters. The van der Waals surface area contributed by atoms with E-state index in [2.05, 4.69) is 31.1 Å². The highest BCUT2D eigenvalue weighted by Crippen LogP contribution is 2.26. The molecule has 4 heteroatoms. The van der Waals surface area contributed by atoms with Gasteiger partial charge in [0.2, 0.25) is 0 Å². The molecule has 0 saturated carbocycles. The minimum Gasteiger partial charge on any atom is -0.381 e. The van der Waals surface area contributed by atoms with Crippen molar-refractivity contribution >= 4 is 0 Å². The molecular formula is C17H29N3O. The van der Waals surface area contributed by atoms with E-state index in [1.54, 1.807) is 0 Å². The summed E-state index contributed by atoms with van der Waals surface area (Å²) in [6.07, 6.45) is 4.26. The first-order valence-electron chi connectivity index (χ1n) is 8.26. The van der Waals surface area contributed by atoms with Gasteiger partial charge in [-0.25, -0.2) is 9.97 Å². The van der Waals surface area contributed by atoms with Gasteiger partial charge in [-0.05, 0) is 51.1 Å². The van der Waals surface area contributed by atoms with E-state index in [0.717, 1.165) is 50.8 Å². The van der Waals surface area contributed by atoms with Gasteiger partial charge >= 0.3 is 0 Å². The SMILES string of the molecule is CCOCCc1nc(C)c2c(n1)CCC(CNC(C)C)C2. The molecule has 0 spiro atoms. The number of nitrogens with zero attached hydrogens (tertiary/aromatic N) is 2. The van der Waals surface area contributed by atoms with Crippen LogP contribution >= 0.6 is 0 Å². The van der Waals surface area contributed by atoms with Crippen molar-refractivity contribution in [3.05, 3.63) is 22.8 Å². The van der Waals surface area contributed by atoms with Gasteiger partial charge in [0, 0.05) is 30.5 Å². The fraction of sp³-hybridized carbons (Fsp3) is 0.765. The Bertz CT molecular complexity index is 460. The summed E-state index contributed by atoms with van der Waals surface area (Å²) in [6.45, 7) is 11.1. The molecular weight excluding hydrogens is 262 g/mol. The van der Waals surface area contributed by atoms with Crippen LogP contribution < -0.4 is 5.32 Å². The Morgan fingerprint density at radius 3 is 2.86 bits per heavy atom. The first kappa shape index (κ1) is 16.4. The van der Waals surface area contributed by atoms with E-state index >= 15 is 0 Å². The number of ether oxygens (including phenoxy) is 1. The maximum absolute atomic E-state index is 5.40. The Hall–Kier alpha value is -1.00. The molecule has 0 radical (unpaired) electrons. The molecule has 118 valence electrons. The van der Waals surface area contributed by atoms with Crippen molar-refractivity contribution in [2.75, 3.05) is 19.8 Å². The van der Waals surface area contributed by atoms with Gasteiger partial charge in [-0.1, -0.05) is 13.8 Å². The molecule has 0 amide bonds. The van der Waals surface area contributed by atoms with Crippen LogP contribution in [0.4, 0.5) is 0 Å². The monoisotopic (exact) mass is 291 g/mol. The zero-order chi connectivity index (χ0) is 15.2. The zero-order valence-electron chi connectivity index (χ0n) is 13.9. The van der Waals surface area contributed by atoms with Gasteiger partial charge in [0.1, 0.15) is 5.82 Å². The summed E-state index contributed by atoms with van der Waals surface area (Å²) in [6, 6.07) is 0.560. The highest BCUT2D eigenvalue weighted by molar-refractivity contribution is 5.28. The summed E-state index contributed by atoms with van der Waals surface area (Å²) in [4.78, 5) is 9.44. The van der Waals surface area contributed by atoms with Crippen LogP contribution in [0.3, 0.4) is 0 Å². The molecule has 0 saturated heterocycles. The summed E-state index contributed by atoms with van der Waals surface area (Å²) in [5, 5.41) is 3.55. The summed E-state index contributed by atoms with van der Waals surface area (Å²) in [5.74, 6) is 1.66. The van der Waals surface area contributed by atoms with Gasteiger partial charge in [0.15, 0.2) is 0 Å². The van der Waals surface area contributed by atoms with Crippen molar-refractivity contribution in [1.29, 1.82) is 0 Å². The molecule has 4 nitrogen and oxygen atoms in total. The Balaban J connectivity index is 2.00. The lowest BCUT2D eigenvalue weighted by Gasteiger charge is -2.26. The normalized spacial score (nSPS) is 18.0. The van der Waals surface area contributed by atoms with Gasteiger partial charge in [0.25, 0.3) is 0 Å². The Kier molecular flexibility index (Phi) is 6.12. The number of nitrogens with one attached hydrogen (secondary N) is 1. The highest BCUT2D eigenvalue weighted by Gasteiger charge is 2.22. The topological polar surface area (TPSA) is 47.0 Å². The lowest BCUT2D eigenvalue weighted by molar-refractivity contribution is 0.149. The molecule has 0 fully saturated rings. The largest absolute Gasteiger partial charge is 0.381 e. The van der Waals surface area contributed by atoms with E-state index in [-0.39, 0.29) is 0 Å². The van der Waals surface area contributed by atoms with Crippen LogP contribution in [0.5, 0.6) is 0 Å². The van der Waals surface area contributed by atoms with Crippen molar-refractivity contribution in [1.82, 2.24) is 15.3 Å². The van der Waals surface area contributed by atoms with E-state index in [1.807, 2.05) is 6.92 Å². The average Bonchev–Trinajstić information content (AvgIpc) is 2.45. The van der Waals surface area contributed by atoms with Crippen LogP contribution in [0.2, 0.25) is 0 Å². The fourth-order valence-corrected chi connectivity index (χ4v) is 2.92. The first-order valence-corrected chi connectivity index (χ1v) is 8.26. The highest BCUT2D eigenvalue weighted by atomic mass is 16.5. The van der Waals surface area contributed by atoms with E-state index in [0.29, 0.717) is 6.04 Å². The third-order valence-corrected chi connectivity index (χ3v) is 4.12. The van der Waals surface area contributed by atoms with E-state index in [9.17, 15) is 0 Å². The molecule has 0 bridgehead atoms. The molecule has 1 unspecified atom stereocenters. The second kappa shape index (κ2) is 7.85. The standard InChI is InChI=1S/C17H29N3O/c1-5-21-9-8-17-19-13(4)15-10-14(11-18-12(2)3)6-7-16(15)20-17/h12,14,18H,5-11H2,1-4H3. The van der Waals surface area contributed by atoms with E-state index in [1.165, 1.54) is 23.4 Å². The Morgan fingerprint density at radius 1 is 1.33 bits per heavy atom. The first-order chi connectivity index (χ1) is 10.1. The van der Waals surface area contributed by atoms with Gasteiger partial charge in [-0.2, -0.15) is 0 Å². The molecule has 2 rings (SSSR count). The maximum Gasteiger partial charge on any atom is 0.131 e. The average molecular weight is 291 g/mol. The summed E-state index contributed by atoms with van der Waals surface area (Å²) < 4.78 is 5.40. The van der Waals surface area contributed by atoms with Crippen molar-refractivity contribution in [2.45, 2.75) is 59.4 Å². The molecule has 1 aromatic heterocycles. The van der Waals surface area contributed by atoms with Crippen LogP contribution in [0.25, 0.3) is 0 Å². The maximum atomic E-state index is 5.40. The van der Waals surface area contributed by atoms with Crippen molar-refractivity contribution in [2.24, 2.45) is 5.92 Å². The number of fused-ring (bicyclic) bond motifs is 1. The van der Waals surface area contributed by atoms with Gasteiger partial charge in [-0.15, -0.1) is 0 Å². The molecule has 1 aromatic rings. The quantitative estimate of drug-likeness (QED) is 0.784. The lowest BCUT2D eigenvalue weighted by Crippen LogP contribution is -2.32. The van der Waals surface area contributed by atoms with Crippen LogP contribution in [0.1, 0.15) is 50.0 Å². The summed E-state index contributed by atoms with van der Waals surface area (Å²) in [7, 11) is 0. The number of rotatable bonds is 7. The predicted molar refractivity (Wildman–Crippen MR) is 85.6 cm³/mol. The van der Waals surface area contributed by atoms with E-state index in [4.69, 9.17) is 9.72 Å². The smallest absolute Gasteiger partial charge is 0.131 e. The van der Waals surface area contributed by atoms with Gasteiger partial charge < -0.3 is 10.1 Å². The third-order valence-electron chi connectivity index (χ3n) is 4.12. The van der Waals surface area contributed by atoms with Gasteiger partial charge in [-0.3, -0.25) is 0 Å². The zero-order valence-corrected chi connectivity index (χ0v) is 13.9. The third kappa shape index (κ3) is 4.75. The minimum atomic E-state index is 0.560. The number of hydrogen-bond acceptors (Lipinski definition) is 4.